The largest absolute Gasteiger partial charge is 0.325 e. The van der Waals surface area contributed by atoms with Crippen LogP contribution in [-0.2, 0) is 11.8 Å². The maximum atomic E-state index is 12.3. The lowest BCUT2D eigenvalue weighted by Gasteiger charge is -2.11. The van der Waals surface area contributed by atoms with Crippen molar-refractivity contribution in [3.05, 3.63) is 34.5 Å². The third-order valence-corrected chi connectivity index (χ3v) is 4.62. The number of aromatic amines is 2. The van der Waals surface area contributed by atoms with Crippen LogP contribution >= 0.6 is 11.8 Å². The van der Waals surface area contributed by atoms with E-state index in [1.54, 1.807) is 25.1 Å². The number of hydrogen-bond acceptors (Lipinski definition) is 5. The maximum absolute atomic E-state index is 12.3. The Labute approximate surface area is 135 Å². The van der Waals surface area contributed by atoms with Crippen LogP contribution in [0.15, 0.2) is 28.2 Å². The third-order valence-electron chi connectivity index (χ3n) is 3.49. The van der Waals surface area contributed by atoms with Crippen LogP contribution in [0.3, 0.4) is 0 Å². The number of amides is 1. The summed E-state index contributed by atoms with van der Waals surface area (Å²) in [5.41, 5.74) is 1.70. The minimum atomic E-state index is -0.335. The summed E-state index contributed by atoms with van der Waals surface area (Å²) in [6.07, 6.45) is 0. The van der Waals surface area contributed by atoms with Gasteiger partial charge in [0.1, 0.15) is 5.82 Å². The fourth-order valence-electron chi connectivity index (χ4n) is 2.06. The van der Waals surface area contributed by atoms with Crippen molar-refractivity contribution >= 4 is 34.4 Å². The van der Waals surface area contributed by atoms with E-state index in [1.807, 2.05) is 18.5 Å². The molecule has 0 spiro atoms. The van der Waals surface area contributed by atoms with Gasteiger partial charge in [0.25, 0.3) is 0 Å². The van der Waals surface area contributed by atoms with E-state index in [0.29, 0.717) is 21.9 Å². The summed E-state index contributed by atoms with van der Waals surface area (Å²) in [5.74, 6) is 0.648. The van der Waals surface area contributed by atoms with Crippen molar-refractivity contribution in [2.45, 2.75) is 24.3 Å². The topological polar surface area (TPSA) is 108 Å². The van der Waals surface area contributed by atoms with Gasteiger partial charge in [-0.2, -0.15) is 0 Å². The summed E-state index contributed by atoms with van der Waals surface area (Å²) >= 11 is 1.34. The molecule has 0 unspecified atom stereocenters. The molecule has 1 atom stereocenters. The maximum Gasteiger partial charge on any atom is 0.323 e. The van der Waals surface area contributed by atoms with Gasteiger partial charge in [-0.25, -0.2) is 4.79 Å². The van der Waals surface area contributed by atoms with Crippen molar-refractivity contribution in [1.29, 1.82) is 0 Å². The first-order valence-electron chi connectivity index (χ1n) is 6.99. The molecule has 1 amide bonds. The molecule has 0 radical (unpaired) electrons. The Bertz CT molecular complexity index is 925. The number of aromatic nitrogens is 5. The minimum Gasteiger partial charge on any atom is -0.325 e. The van der Waals surface area contributed by atoms with Crippen LogP contribution in [0.5, 0.6) is 0 Å². The third kappa shape index (κ3) is 3.14. The average molecular weight is 332 g/mol. The predicted molar refractivity (Wildman–Crippen MR) is 88.6 cm³/mol. The van der Waals surface area contributed by atoms with Crippen molar-refractivity contribution in [1.82, 2.24) is 24.7 Å². The van der Waals surface area contributed by atoms with Gasteiger partial charge in [-0.1, -0.05) is 11.8 Å². The molecule has 0 aliphatic heterocycles. The van der Waals surface area contributed by atoms with Crippen molar-refractivity contribution in [2.24, 2.45) is 7.05 Å². The molecule has 2 heterocycles. The van der Waals surface area contributed by atoms with Gasteiger partial charge < -0.3 is 19.9 Å². The summed E-state index contributed by atoms with van der Waals surface area (Å²) in [7, 11) is 1.86. The van der Waals surface area contributed by atoms with E-state index < -0.39 is 0 Å². The Kier molecular flexibility index (Phi) is 3.95. The monoisotopic (exact) mass is 332 g/mol. The SMILES string of the molecule is Cc1nnc(S[C@@H](C)C(=O)Nc2ccc3[nH]c(=O)[nH]c3c2)n1C. The molecule has 120 valence electrons. The first-order chi connectivity index (χ1) is 10.9. The molecule has 0 bridgehead atoms. The van der Waals surface area contributed by atoms with Crippen LogP contribution in [0, 0.1) is 6.92 Å². The number of benzene rings is 1. The van der Waals surface area contributed by atoms with Gasteiger partial charge in [0.15, 0.2) is 5.16 Å². The Morgan fingerprint density at radius 3 is 2.74 bits per heavy atom. The van der Waals surface area contributed by atoms with Gasteiger partial charge >= 0.3 is 5.69 Å². The zero-order chi connectivity index (χ0) is 16.6. The average Bonchev–Trinajstić information content (AvgIpc) is 3.02. The number of carbonyl (C=O) groups is 1. The summed E-state index contributed by atoms with van der Waals surface area (Å²) in [6.45, 7) is 3.66. The molecule has 3 aromatic rings. The summed E-state index contributed by atoms with van der Waals surface area (Å²) in [4.78, 5) is 28.9. The van der Waals surface area contributed by atoms with Crippen LogP contribution in [-0.4, -0.2) is 35.9 Å². The van der Waals surface area contributed by atoms with Crippen molar-refractivity contribution in [2.75, 3.05) is 5.32 Å². The standard InChI is InChI=1S/C14H16N6O2S/c1-7(23-14-19-18-8(2)20(14)3)12(21)15-9-4-5-10-11(6-9)17-13(22)16-10/h4-7H,1-3H3,(H,15,21)(H2,16,17,22)/t7-/m0/s1. The van der Waals surface area contributed by atoms with E-state index in [0.717, 1.165) is 5.82 Å². The smallest absolute Gasteiger partial charge is 0.323 e. The number of anilines is 1. The molecule has 3 N–H and O–H groups in total. The van der Waals surface area contributed by atoms with E-state index in [4.69, 9.17) is 0 Å². The van der Waals surface area contributed by atoms with E-state index in [9.17, 15) is 9.59 Å². The number of nitrogens with zero attached hydrogens (tertiary/aromatic N) is 3. The minimum absolute atomic E-state index is 0.145. The number of fused-ring (bicyclic) bond motifs is 1. The Hall–Kier alpha value is -2.55. The molecule has 1 aromatic carbocycles. The number of carbonyl (C=O) groups excluding carboxylic acids is 1. The Balaban J connectivity index is 1.71. The number of H-pyrrole nitrogens is 2. The first-order valence-corrected chi connectivity index (χ1v) is 7.87. The number of rotatable bonds is 4. The molecule has 2 aromatic heterocycles. The predicted octanol–water partition coefficient (Wildman–Crippen LogP) is 1.41. The van der Waals surface area contributed by atoms with Crippen molar-refractivity contribution in [3.63, 3.8) is 0 Å². The summed E-state index contributed by atoms with van der Waals surface area (Å²) < 4.78 is 1.84. The number of thioether (sulfide) groups is 1. The second kappa shape index (κ2) is 5.92. The van der Waals surface area contributed by atoms with E-state index in [-0.39, 0.29) is 16.8 Å². The van der Waals surface area contributed by atoms with Gasteiger partial charge in [-0.3, -0.25) is 4.79 Å². The van der Waals surface area contributed by atoms with Crippen LogP contribution in [0.2, 0.25) is 0 Å². The van der Waals surface area contributed by atoms with Gasteiger partial charge in [-0.05, 0) is 32.0 Å². The van der Waals surface area contributed by atoms with Crippen molar-refractivity contribution < 1.29 is 4.79 Å². The number of nitrogens with one attached hydrogen (secondary N) is 3. The van der Waals surface area contributed by atoms with Crippen LogP contribution in [0.4, 0.5) is 5.69 Å². The molecular formula is C14H16N6O2S. The van der Waals surface area contributed by atoms with Gasteiger partial charge in [0.05, 0.1) is 16.3 Å². The number of aryl methyl sites for hydroxylation is 1. The molecule has 0 aliphatic carbocycles. The zero-order valence-electron chi connectivity index (χ0n) is 12.9. The first kappa shape index (κ1) is 15.3. The molecule has 23 heavy (non-hydrogen) atoms. The molecule has 0 fully saturated rings. The van der Waals surface area contributed by atoms with E-state index >= 15 is 0 Å². The second-order valence-corrected chi connectivity index (χ2v) is 6.49. The molecule has 8 nitrogen and oxygen atoms in total. The van der Waals surface area contributed by atoms with Crippen molar-refractivity contribution in [3.8, 4) is 0 Å². The zero-order valence-corrected chi connectivity index (χ0v) is 13.7. The molecule has 0 saturated carbocycles. The van der Waals surface area contributed by atoms with Gasteiger partial charge in [-0.15, -0.1) is 10.2 Å². The highest BCUT2D eigenvalue weighted by Gasteiger charge is 2.18. The summed E-state index contributed by atoms with van der Waals surface area (Å²) in [6, 6.07) is 5.20. The number of imidazole rings is 1. The van der Waals surface area contributed by atoms with E-state index in [1.165, 1.54) is 11.8 Å². The Morgan fingerprint density at radius 1 is 1.30 bits per heavy atom. The lowest BCUT2D eigenvalue weighted by atomic mass is 10.2. The van der Waals surface area contributed by atoms with Gasteiger partial charge in [0.2, 0.25) is 5.91 Å². The molecule has 0 saturated heterocycles. The quantitative estimate of drug-likeness (QED) is 0.626. The Morgan fingerprint density at radius 2 is 2.04 bits per heavy atom. The second-order valence-electron chi connectivity index (χ2n) is 5.18. The molecule has 0 aliphatic rings. The van der Waals surface area contributed by atoms with Crippen LogP contribution in [0.25, 0.3) is 11.0 Å². The van der Waals surface area contributed by atoms with Crippen LogP contribution < -0.4 is 11.0 Å². The summed E-state index contributed by atoms with van der Waals surface area (Å²) in [5, 5.41) is 11.2. The highest BCUT2D eigenvalue weighted by atomic mass is 32.2. The normalized spacial score (nSPS) is 12.5. The van der Waals surface area contributed by atoms with Gasteiger partial charge in [0, 0.05) is 12.7 Å². The lowest BCUT2D eigenvalue weighted by Crippen LogP contribution is -2.22. The molecule has 3 rings (SSSR count). The molecular weight excluding hydrogens is 316 g/mol. The van der Waals surface area contributed by atoms with E-state index in [2.05, 4.69) is 25.5 Å². The lowest BCUT2D eigenvalue weighted by molar-refractivity contribution is -0.115. The highest BCUT2D eigenvalue weighted by Crippen LogP contribution is 2.23. The molecule has 9 heteroatoms. The number of hydrogen-bond donors (Lipinski definition) is 3. The highest BCUT2D eigenvalue weighted by molar-refractivity contribution is 8.00. The fourth-order valence-corrected chi connectivity index (χ4v) is 2.92. The van der Waals surface area contributed by atoms with Crippen LogP contribution in [0.1, 0.15) is 12.7 Å². The fraction of sp³-hybridized carbons (Fsp3) is 0.286.